The van der Waals surface area contributed by atoms with Crippen LogP contribution in [0.1, 0.15) is 35.2 Å². The second-order valence-electron chi connectivity index (χ2n) is 6.23. The first kappa shape index (κ1) is 16.0. The molecule has 4 heterocycles. The summed E-state index contributed by atoms with van der Waals surface area (Å²) in [6, 6.07) is 3.92. The standard InChI is InChI=1S/C17H18N4O3S/c1-10-13(11(2)23-19-10)5-6-15(22)21-8-12(9-21)17-18-16(20-24-17)14-4-3-7-25-14/h3-4,7,12H,5-6,8-9H2,1-2H3. The van der Waals surface area contributed by atoms with E-state index >= 15 is 0 Å². The van der Waals surface area contributed by atoms with Gasteiger partial charge in [0.25, 0.3) is 0 Å². The average molecular weight is 358 g/mol. The van der Waals surface area contributed by atoms with E-state index in [1.807, 2.05) is 36.3 Å². The van der Waals surface area contributed by atoms with Crippen molar-refractivity contribution in [3.05, 3.63) is 40.4 Å². The Balaban J connectivity index is 1.30. The van der Waals surface area contributed by atoms with Gasteiger partial charge in [0.1, 0.15) is 5.76 Å². The number of likely N-dealkylation sites (tertiary alicyclic amines) is 1. The van der Waals surface area contributed by atoms with Gasteiger partial charge in [0.2, 0.25) is 17.6 Å². The smallest absolute Gasteiger partial charge is 0.233 e. The van der Waals surface area contributed by atoms with E-state index in [-0.39, 0.29) is 11.8 Å². The van der Waals surface area contributed by atoms with E-state index in [0.29, 0.717) is 37.6 Å². The molecule has 1 aliphatic heterocycles. The molecule has 0 radical (unpaired) electrons. The van der Waals surface area contributed by atoms with E-state index in [0.717, 1.165) is 21.9 Å². The highest BCUT2D eigenvalue weighted by Crippen LogP contribution is 2.29. The molecular formula is C17H18N4O3S. The summed E-state index contributed by atoms with van der Waals surface area (Å²) < 4.78 is 10.5. The molecule has 0 saturated carbocycles. The number of nitrogens with zero attached hydrogens (tertiary/aromatic N) is 4. The number of hydrogen-bond donors (Lipinski definition) is 0. The zero-order chi connectivity index (χ0) is 17.4. The monoisotopic (exact) mass is 358 g/mol. The van der Waals surface area contributed by atoms with E-state index in [9.17, 15) is 4.79 Å². The van der Waals surface area contributed by atoms with Crippen LogP contribution in [0.5, 0.6) is 0 Å². The maximum Gasteiger partial charge on any atom is 0.233 e. The molecule has 8 heteroatoms. The topological polar surface area (TPSA) is 85.3 Å². The zero-order valence-electron chi connectivity index (χ0n) is 14.1. The molecule has 0 aromatic carbocycles. The molecule has 0 aliphatic carbocycles. The molecule has 3 aromatic rings. The fourth-order valence-electron chi connectivity index (χ4n) is 2.99. The van der Waals surface area contributed by atoms with Gasteiger partial charge >= 0.3 is 0 Å². The van der Waals surface area contributed by atoms with Crippen molar-refractivity contribution >= 4 is 17.2 Å². The normalized spacial score (nSPS) is 14.7. The third-order valence-corrected chi connectivity index (χ3v) is 5.40. The second-order valence-corrected chi connectivity index (χ2v) is 7.18. The van der Waals surface area contributed by atoms with Crippen molar-refractivity contribution in [3.8, 4) is 10.7 Å². The summed E-state index contributed by atoms with van der Waals surface area (Å²) in [5.74, 6) is 2.28. The predicted octanol–water partition coefficient (Wildman–Crippen LogP) is 2.96. The van der Waals surface area contributed by atoms with Crippen molar-refractivity contribution in [1.29, 1.82) is 0 Å². The Labute approximate surface area is 148 Å². The van der Waals surface area contributed by atoms with Crippen molar-refractivity contribution in [2.75, 3.05) is 13.1 Å². The van der Waals surface area contributed by atoms with Crippen LogP contribution in [-0.4, -0.2) is 39.2 Å². The molecule has 0 unspecified atom stereocenters. The number of carbonyl (C=O) groups is 1. The number of aromatic nitrogens is 3. The fourth-order valence-corrected chi connectivity index (χ4v) is 3.64. The van der Waals surface area contributed by atoms with Crippen molar-refractivity contribution < 1.29 is 13.8 Å². The molecule has 0 spiro atoms. The van der Waals surface area contributed by atoms with Gasteiger partial charge in [0.05, 0.1) is 16.5 Å². The van der Waals surface area contributed by atoms with Crippen LogP contribution >= 0.6 is 11.3 Å². The van der Waals surface area contributed by atoms with Crippen LogP contribution in [0.15, 0.2) is 26.6 Å². The summed E-state index contributed by atoms with van der Waals surface area (Å²) in [7, 11) is 0. The SMILES string of the molecule is Cc1noc(C)c1CCC(=O)N1CC(c2nc(-c3cccs3)no2)C1. The second kappa shape index (κ2) is 6.44. The van der Waals surface area contributed by atoms with Crippen LogP contribution in [0.2, 0.25) is 0 Å². The van der Waals surface area contributed by atoms with Crippen LogP contribution in [0.3, 0.4) is 0 Å². The van der Waals surface area contributed by atoms with Crippen LogP contribution in [0, 0.1) is 13.8 Å². The van der Waals surface area contributed by atoms with Crippen molar-refractivity contribution in [2.24, 2.45) is 0 Å². The predicted molar refractivity (Wildman–Crippen MR) is 91.2 cm³/mol. The maximum absolute atomic E-state index is 12.3. The van der Waals surface area contributed by atoms with Crippen LogP contribution in [0.4, 0.5) is 0 Å². The van der Waals surface area contributed by atoms with Crippen LogP contribution < -0.4 is 0 Å². The fraction of sp³-hybridized carbons (Fsp3) is 0.412. The van der Waals surface area contributed by atoms with Gasteiger partial charge in [0.15, 0.2) is 0 Å². The van der Waals surface area contributed by atoms with Gasteiger partial charge in [-0.3, -0.25) is 4.79 Å². The molecule has 7 nitrogen and oxygen atoms in total. The first-order chi connectivity index (χ1) is 12.1. The van der Waals surface area contributed by atoms with Gasteiger partial charge in [-0.1, -0.05) is 16.4 Å². The lowest BCUT2D eigenvalue weighted by atomic mass is 9.98. The minimum Gasteiger partial charge on any atom is -0.361 e. The molecule has 0 N–H and O–H groups in total. The average Bonchev–Trinajstić information content (AvgIpc) is 3.27. The van der Waals surface area contributed by atoms with Gasteiger partial charge in [-0.2, -0.15) is 4.98 Å². The highest BCUT2D eigenvalue weighted by molar-refractivity contribution is 7.13. The van der Waals surface area contributed by atoms with E-state index in [4.69, 9.17) is 9.05 Å². The first-order valence-corrected chi connectivity index (χ1v) is 9.07. The lowest BCUT2D eigenvalue weighted by molar-refractivity contribution is -0.135. The molecule has 1 fully saturated rings. The van der Waals surface area contributed by atoms with E-state index in [1.165, 1.54) is 0 Å². The van der Waals surface area contributed by atoms with E-state index < -0.39 is 0 Å². The highest BCUT2D eigenvalue weighted by atomic mass is 32.1. The van der Waals surface area contributed by atoms with Gasteiger partial charge < -0.3 is 13.9 Å². The molecule has 0 atom stereocenters. The van der Waals surface area contributed by atoms with E-state index in [1.54, 1.807) is 11.3 Å². The lowest BCUT2D eigenvalue weighted by Gasteiger charge is -2.37. The summed E-state index contributed by atoms with van der Waals surface area (Å²) in [6.45, 7) is 5.04. The third kappa shape index (κ3) is 3.09. The summed E-state index contributed by atoms with van der Waals surface area (Å²) >= 11 is 1.58. The third-order valence-electron chi connectivity index (χ3n) is 4.54. The van der Waals surface area contributed by atoms with Crippen LogP contribution in [0.25, 0.3) is 10.7 Å². The molecule has 1 aliphatic rings. The summed E-state index contributed by atoms with van der Waals surface area (Å²) in [5.41, 5.74) is 1.89. The Morgan fingerprint density at radius 2 is 2.16 bits per heavy atom. The molecule has 25 heavy (non-hydrogen) atoms. The number of amides is 1. The molecule has 130 valence electrons. The molecule has 1 saturated heterocycles. The number of carbonyl (C=O) groups excluding carboxylic acids is 1. The quantitative estimate of drug-likeness (QED) is 0.697. The van der Waals surface area contributed by atoms with Crippen LogP contribution in [-0.2, 0) is 11.2 Å². The number of thiophene rings is 1. The minimum atomic E-state index is 0.129. The highest BCUT2D eigenvalue weighted by Gasteiger charge is 2.35. The van der Waals surface area contributed by atoms with Gasteiger partial charge in [-0.05, 0) is 31.7 Å². The van der Waals surface area contributed by atoms with Crippen molar-refractivity contribution in [1.82, 2.24) is 20.2 Å². The number of rotatable bonds is 5. The zero-order valence-corrected chi connectivity index (χ0v) is 14.9. The molecule has 0 bridgehead atoms. The minimum absolute atomic E-state index is 0.129. The Kier molecular flexibility index (Phi) is 4.12. The molecule has 3 aromatic heterocycles. The number of hydrogen-bond acceptors (Lipinski definition) is 7. The van der Waals surface area contributed by atoms with Crippen molar-refractivity contribution in [3.63, 3.8) is 0 Å². The Hall–Kier alpha value is -2.48. The Bertz CT molecular complexity index is 858. The lowest BCUT2D eigenvalue weighted by Crippen LogP contribution is -2.48. The molecule has 1 amide bonds. The summed E-state index contributed by atoms with van der Waals surface area (Å²) in [6.07, 6.45) is 1.12. The first-order valence-electron chi connectivity index (χ1n) is 8.19. The van der Waals surface area contributed by atoms with Crippen molar-refractivity contribution in [2.45, 2.75) is 32.6 Å². The van der Waals surface area contributed by atoms with E-state index in [2.05, 4.69) is 15.3 Å². The Morgan fingerprint density at radius 1 is 1.32 bits per heavy atom. The summed E-state index contributed by atoms with van der Waals surface area (Å²) in [5, 5.41) is 9.93. The van der Waals surface area contributed by atoms with Gasteiger partial charge in [-0.25, -0.2) is 0 Å². The Morgan fingerprint density at radius 3 is 2.84 bits per heavy atom. The molecular weight excluding hydrogens is 340 g/mol. The van der Waals surface area contributed by atoms with Gasteiger partial charge in [-0.15, -0.1) is 11.3 Å². The van der Waals surface area contributed by atoms with Gasteiger partial charge in [0, 0.05) is 25.1 Å². The maximum atomic E-state index is 12.3. The summed E-state index contributed by atoms with van der Waals surface area (Å²) in [4.78, 5) is 19.6. The largest absolute Gasteiger partial charge is 0.361 e. The number of aryl methyl sites for hydroxylation is 2. The molecule has 4 rings (SSSR count).